The molecule has 5 heteroatoms. The van der Waals surface area contributed by atoms with Crippen LogP contribution in [0.4, 0.5) is 5.69 Å². The van der Waals surface area contributed by atoms with Gasteiger partial charge in [0, 0.05) is 5.56 Å². The van der Waals surface area contributed by atoms with Gasteiger partial charge in [0.15, 0.2) is 5.78 Å². The van der Waals surface area contributed by atoms with Crippen molar-refractivity contribution in [2.24, 2.45) is 0 Å². The molecule has 0 aliphatic rings. The van der Waals surface area contributed by atoms with Crippen molar-refractivity contribution in [3.05, 3.63) is 95.6 Å². The second kappa shape index (κ2) is 7.54. The van der Waals surface area contributed by atoms with E-state index in [4.69, 9.17) is 0 Å². The Morgan fingerprint density at radius 3 is 2.31 bits per heavy atom. The number of ketones is 1. The molecule has 0 aromatic heterocycles. The minimum absolute atomic E-state index is 0.0692. The van der Waals surface area contributed by atoms with Crippen molar-refractivity contribution in [2.75, 3.05) is 4.72 Å². The van der Waals surface area contributed by atoms with Crippen molar-refractivity contribution in [1.29, 1.82) is 0 Å². The molecular formula is C21H19NO3S. The molecule has 0 aliphatic heterocycles. The second-order valence-corrected chi connectivity index (χ2v) is 7.69. The molecular weight excluding hydrogens is 346 g/mol. The van der Waals surface area contributed by atoms with Crippen molar-refractivity contribution in [3.8, 4) is 0 Å². The van der Waals surface area contributed by atoms with Crippen molar-refractivity contribution >= 4 is 21.5 Å². The third-order valence-corrected chi connectivity index (χ3v) is 5.41. The van der Waals surface area contributed by atoms with E-state index in [0.29, 0.717) is 17.7 Å². The number of para-hydroxylation sites is 1. The van der Waals surface area contributed by atoms with E-state index in [-0.39, 0.29) is 10.7 Å². The summed E-state index contributed by atoms with van der Waals surface area (Å²) in [6.45, 7) is 1.41. The summed E-state index contributed by atoms with van der Waals surface area (Å²) >= 11 is 0. The molecule has 0 aliphatic carbocycles. The molecule has 3 aromatic carbocycles. The van der Waals surface area contributed by atoms with Gasteiger partial charge in [-0.2, -0.15) is 0 Å². The predicted octanol–water partition coefficient (Wildman–Crippen LogP) is 4.28. The van der Waals surface area contributed by atoms with Gasteiger partial charge in [-0.1, -0.05) is 60.7 Å². The van der Waals surface area contributed by atoms with E-state index >= 15 is 0 Å². The zero-order valence-corrected chi connectivity index (χ0v) is 15.2. The molecule has 3 rings (SSSR count). The molecule has 132 valence electrons. The Hall–Kier alpha value is -2.92. The minimum atomic E-state index is -3.79. The second-order valence-electron chi connectivity index (χ2n) is 6.01. The van der Waals surface area contributed by atoms with Crippen LogP contribution in [-0.4, -0.2) is 14.2 Å². The van der Waals surface area contributed by atoms with Gasteiger partial charge >= 0.3 is 0 Å². The van der Waals surface area contributed by atoms with E-state index in [1.807, 2.05) is 42.5 Å². The van der Waals surface area contributed by atoms with E-state index in [1.165, 1.54) is 19.1 Å². The van der Waals surface area contributed by atoms with Crippen molar-refractivity contribution in [2.45, 2.75) is 18.2 Å². The molecule has 0 saturated carbocycles. The lowest BCUT2D eigenvalue weighted by atomic mass is 10.0. The molecule has 0 radical (unpaired) electrons. The topological polar surface area (TPSA) is 63.2 Å². The van der Waals surface area contributed by atoms with Crippen LogP contribution in [0, 0.1) is 0 Å². The van der Waals surface area contributed by atoms with Gasteiger partial charge in [0.05, 0.1) is 10.6 Å². The molecule has 0 spiro atoms. The number of carbonyl (C=O) groups excluding carboxylic acids is 1. The number of carbonyl (C=O) groups is 1. The molecule has 1 N–H and O–H groups in total. The number of Topliss-reactive ketones (excluding diaryl/α,β-unsaturated/α-hetero) is 1. The van der Waals surface area contributed by atoms with Crippen LogP contribution in [0.2, 0.25) is 0 Å². The van der Waals surface area contributed by atoms with Crippen molar-refractivity contribution < 1.29 is 13.2 Å². The first-order valence-corrected chi connectivity index (χ1v) is 9.70. The zero-order chi connectivity index (χ0) is 18.6. The molecule has 0 unspecified atom stereocenters. The normalized spacial score (nSPS) is 11.1. The van der Waals surface area contributed by atoms with Crippen molar-refractivity contribution in [3.63, 3.8) is 0 Å². The van der Waals surface area contributed by atoms with Crippen LogP contribution in [-0.2, 0) is 16.4 Å². The Morgan fingerprint density at radius 1 is 0.885 bits per heavy atom. The summed E-state index contributed by atoms with van der Waals surface area (Å²) in [6.07, 6.45) is 0.618. The van der Waals surface area contributed by atoms with Crippen LogP contribution < -0.4 is 4.72 Å². The van der Waals surface area contributed by atoms with Gasteiger partial charge in [-0.15, -0.1) is 0 Å². The standard InChI is InChI=1S/C21H19NO3S/c1-16(23)18-11-7-12-20(15-18)26(24,25)22-21-13-6-5-10-19(21)14-17-8-3-2-4-9-17/h2-13,15,22H,14H2,1H3. The predicted molar refractivity (Wildman–Crippen MR) is 103 cm³/mol. The number of hydrogen-bond donors (Lipinski definition) is 1. The third-order valence-electron chi connectivity index (χ3n) is 4.05. The maximum absolute atomic E-state index is 12.8. The van der Waals surface area contributed by atoms with Gasteiger partial charge in [-0.25, -0.2) is 8.42 Å². The number of hydrogen-bond acceptors (Lipinski definition) is 3. The van der Waals surface area contributed by atoms with E-state index in [1.54, 1.807) is 24.3 Å². The van der Waals surface area contributed by atoms with E-state index < -0.39 is 10.0 Å². The molecule has 0 bridgehead atoms. The lowest BCUT2D eigenvalue weighted by Gasteiger charge is -2.13. The SMILES string of the molecule is CC(=O)c1cccc(S(=O)(=O)Nc2ccccc2Cc2ccccc2)c1. The summed E-state index contributed by atoms with van der Waals surface area (Å²) in [5.74, 6) is -0.175. The Kier molecular flexibility index (Phi) is 5.19. The highest BCUT2D eigenvalue weighted by atomic mass is 32.2. The fourth-order valence-corrected chi connectivity index (χ4v) is 3.82. The first-order chi connectivity index (χ1) is 12.5. The Balaban J connectivity index is 1.91. The molecule has 3 aromatic rings. The number of nitrogens with one attached hydrogen (secondary N) is 1. The highest BCUT2D eigenvalue weighted by Gasteiger charge is 2.17. The molecule has 26 heavy (non-hydrogen) atoms. The number of sulfonamides is 1. The van der Waals surface area contributed by atoms with Gasteiger partial charge in [0.1, 0.15) is 0 Å². The average Bonchev–Trinajstić information content (AvgIpc) is 2.64. The molecule has 0 atom stereocenters. The van der Waals surface area contributed by atoms with E-state index in [2.05, 4.69) is 4.72 Å². The first-order valence-electron chi connectivity index (χ1n) is 8.21. The molecule has 0 heterocycles. The molecule has 4 nitrogen and oxygen atoms in total. The van der Waals surface area contributed by atoms with Gasteiger partial charge in [0.25, 0.3) is 10.0 Å². The summed E-state index contributed by atoms with van der Waals surface area (Å²) in [6, 6.07) is 23.2. The minimum Gasteiger partial charge on any atom is -0.295 e. The average molecular weight is 365 g/mol. The summed E-state index contributed by atoms with van der Waals surface area (Å²) < 4.78 is 28.2. The summed E-state index contributed by atoms with van der Waals surface area (Å²) in [5, 5.41) is 0. The monoisotopic (exact) mass is 365 g/mol. The Morgan fingerprint density at radius 2 is 1.58 bits per heavy atom. The fourth-order valence-electron chi connectivity index (χ4n) is 2.68. The van der Waals surface area contributed by atoms with Crippen molar-refractivity contribution in [1.82, 2.24) is 0 Å². The molecule has 0 saturated heterocycles. The quantitative estimate of drug-likeness (QED) is 0.663. The number of rotatable bonds is 6. The summed E-state index contributed by atoms with van der Waals surface area (Å²) in [5.41, 5.74) is 2.87. The fraction of sp³-hybridized carbons (Fsp3) is 0.0952. The lowest BCUT2D eigenvalue weighted by Crippen LogP contribution is -2.15. The lowest BCUT2D eigenvalue weighted by molar-refractivity contribution is 0.101. The maximum Gasteiger partial charge on any atom is 0.261 e. The Labute approximate surface area is 153 Å². The highest BCUT2D eigenvalue weighted by Crippen LogP contribution is 2.23. The van der Waals surface area contributed by atoms with Gasteiger partial charge in [0.2, 0.25) is 0 Å². The molecule has 0 fully saturated rings. The van der Waals surface area contributed by atoms with Crippen LogP contribution in [0.5, 0.6) is 0 Å². The Bertz CT molecular complexity index is 1030. The maximum atomic E-state index is 12.8. The van der Waals surface area contributed by atoms with Crippen LogP contribution in [0.1, 0.15) is 28.4 Å². The smallest absolute Gasteiger partial charge is 0.261 e. The van der Waals surface area contributed by atoms with Gasteiger partial charge in [-0.3, -0.25) is 9.52 Å². The third kappa shape index (κ3) is 4.18. The van der Waals surface area contributed by atoms with E-state index in [9.17, 15) is 13.2 Å². The van der Waals surface area contributed by atoms with Crippen LogP contribution in [0.3, 0.4) is 0 Å². The zero-order valence-electron chi connectivity index (χ0n) is 14.3. The van der Waals surface area contributed by atoms with Crippen LogP contribution in [0.15, 0.2) is 83.8 Å². The van der Waals surface area contributed by atoms with Crippen LogP contribution >= 0.6 is 0 Å². The van der Waals surface area contributed by atoms with Gasteiger partial charge in [-0.05, 0) is 42.7 Å². The van der Waals surface area contributed by atoms with Gasteiger partial charge < -0.3 is 0 Å². The van der Waals surface area contributed by atoms with Crippen LogP contribution in [0.25, 0.3) is 0 Å². The molecule has 0 amide bonds. The van der Waals surface area contributed by atoms with E-state index in [0.717, 1.165) is 11.1 Å². The number of anilines is 1. The summed E-state index contributed by atoms with van der Waals surface area (Å²) in [7, 11) is -3.79. The first kappa shape index (κ1) is 17.9. The summed E-state index contributed by atoms with van der Waals surface area (Å²) in [4.78, 5) is 11.6. The largest absolute Gasteiger partial charge is 0.295 e. The highest BCUT2D eigenvalue weighted by molar-refractivity contribution is 7.92. The number of benzene rings is 3.